The van der Waals surface area contributed by atoms with Crippen LogP contribution in [0.25, 0.3) is 0 Å². The van der Waals surface area contributed by atoms with E-state index in [0.717, 1.165) is 16.1 Å². The molecule has 0 aliphatic rings. The van der Waals surface area contributed by atoms with Crippen LogP contribution in [0.1, 0.15) is 21.7 Å². The highest BCUT2D eigenvalue weighted by Crippen LogP contribution is 2.17. The Morgan fingerprint density at radius 2 is 2.14 bits per heavy atom. The Hall–Kier alpha value is -1.35. The van der Waals surface area contributed by atoms with Crippen LogP contribution in [0.3, 0.4) is 0 Å². The summed E-state index contributed by atoms with van der Waals surface area (Å²) in [4.78, 5) is 5.44. The van der Waals surface area contributed by atoms with Crippen LogP contribution in [-0.2, 0) is 16.6 Å². The van der Waals surface area contributed by atoms with Crippen molar-refractivity contribution in [2.24, 2.45) is 5.73 Å². The number of thiazole rings is 1. The van der Waals surface area contributed by atoms with Gasteiger partial charge in [0.25, 0.3) is 0 Å². The van der Waals surface area contributed by atoms with Crippen molar-refractivity contribution in [1.29, 1.82) is 0 Å². The van der Waals surface area contributed by atoms with E-state index in [1.54, 1.807) is 24.6 Å². The summed E-state index contributed by atoms with van der Waals surface area (Å²) in [6.45, 7) is 3.86. The fourth-order valence-corrected chi connectivity index (χ4v) is 3.94. The number of aryl methyl sites for hydroxylation is 2. The number of nitrogens with two attached hydrogens (primary N) is 1. The first-order chi connectivity index (χ1) is 9.81. The molecular weight excluding hydrogens is 326 g/mol. The number of nitrogens with one attached hydrogen (secondary N) is 1. The zero-order valence-corrected chi connectivity index (χ0v) is 14.0. The maximum atomic E-state index is 12.3. The summed E-state index contributed by atoms with van der Waals surface area (Å²) in [5.74, 6) is 0. The van der Waals surface area contributed by atoms with E-state index < -0.39 is 10.0 Å². The van der Waals surface area contributed by atoms with Crippen LogP contribution in [0.4, 0.5) is 0 Å². The largest absolute Gasteiger partial charge is 0.389 e. The lowest BCUT2D eigenvalue weighted by molar-refractivity contribution is 0.581. The highest BCUT2D eigenvalue weighted by atomic mass is 32.2. The van der Waals surface area contributed by atoms with E-state index in [4.69, 9.17) is 18.0 Å². The fraction of sp³-hybridized carbons (Fsp3) is 0.231. The van der Waals surface area contributed by atoms with Crippen LogP contribution >= 0.6 is 23.6 Å². The molecule has 0 saturated carbocycles. The van der Waals surface area contributed by atoms with Crippen molar-refractivity contribution in [3.63, 3.8) is 0 Å². The summed E-state index contributed by atoms with van der Waals surface area (Å²) in [5.41, 5.74) is 9.52. The summed E-state index contributed by atoms with van der Waals surface area (Å²) in [5, 5.41) is 0. The van der Waals surface area contributed by atoms with E-state index in [1.165, 1.54) is 17.4 Å². The van der Waals surface area contributed by atoms with Gasteiger partial charge in [-0.05, 0) is 31.5 Å². The summed E-state index contributed by atoms with van der Waals surface area (Å²) >= 11 is 6.34. The van der Waals surface area contributed by atoms with Crippen molar-refractivity contribution in [3.05, 3.63) is 45.4 Å². The molecular formula is C13H15N3O2S3. The van der Waals surface area contributed by atoms with Gasteiger partial charge in [-0.3, -0.25) is 0 Å². The normalized spacial score (nSPS) is 11.5. The molecule has 3 N–H and O–H groups in total. The number of hydrogen-bond donors (Lipinski definition) is 2. The third-order valence-corrected chi connectivity index (χ3v) is 5.60. The zero-order valence-electron chi connectivity index (χ0n) is 11.6. The molecule has 0 aliphatic heterocycles. The van der Waals surface area contributed by atoms with Gasteiger partial charge in [0.1, 0.15) is 4.99 Å². The Morgan fingerprint density at radius 3 is 2.67 bits per heavy atom. The van der Waals surface area contributed by atoms with E-state index in [0.29, 0.717) is 5.56 Å². The minimum Gasteiger partial charge on any atom is -0.389 e. The Bertz CT molecular complexity index is 782. The molecule has 0 radical (unpaired) electrons. The average Bonchev–Trinajstić information content (AvgIpc) is 2.81. The molecule has 112 valence electrons. The second kappa shape index (κ2) is 6.18. The number of aromatic nitrogens is 1. The van der Waals surface area contributed by atoms with Crippen molar-refractivity contribution in [3.8, 4) is 0 Å². The molecule has 0 bridgehead atoms. The molecule has 0 amide bonds. The van der Waals surface area contributed by atoms with E-state index in [9.17, 15) is 8.42 Å². The van der Waals surface area contributed by atoms with Gasteiger partial charge in [-0.15, -0.1) is 11.3 Å². The second-order valence-corrected chi connectivity index (χ2v) is 7.67. The minimum atomic E-state index is -3.57. The SMILES string of the molecule is Cc1cc(S(=O)(=O)NCc2scnc2C)ccc1C(N)=S. The third-order valence-electron chi connectivity index (χ3n) is 3.04. The lowest BCUT2D eigenvalue weighted by Gasteiger charge is -2.09. The average molecular weight is 341 g/mol. The lowest BCUT2D eigenvalue weighted by Crippen LogP contribution is -2.23. The summed E-state index contributed by atoms with van der Waals surface area (Å²) < 4.78 is 27.1. The van der Waals surface area contributed by atoms with Crippen LogP contribution in [0, 0.1) is 13.8 Å². The number of benzene rings is 1. The molecule has 2 aromatic rings. The van der Waals surface area contributed by atoms with Crippen molar-refractivity contribution in [2.75, 3.05) is 0 Å². The first-order valence-corrected chi connectivity index (χ1v) is 8.87. The van der Waals surface area contributed by atoms with Crippen LogP contribution in [0.2, 0.25) is 0 Å². The smallest absolute Gasteiger partial charge is 0.240 e. The molecule has 1 aromatic heterocycles. The van der Waals surface area contributed by atoms with Crippen LogP contribution in [0.5, 0.6) is 0 Å². The molecule has 0 spiro atoms. The summed E-state index contributed by atoms with van der Waals surface area (Å²) in [6, 6.07) is 4.70. The number of rotatable bonds is 5. The van der Waals surface area contributed by atoms with Gasteiger partial charge >= 0.3 is 0 Å². The Labute approximate surface area is 133 Å². The predicted octanol–water partition coefficient (Wildman–Crippen LogP) is 1.87. The van der Waals surface area contributed by atoms with Gasteiger partial charge in [0.05, 0.1) is 16.1 Å². The second-order valence-electron chi connectivity index (χ2n) is 4.53. The number of sulfonamides is 1. The molecule has 8 heteroatoms. The Kier molecular flexibility index (Phi) is 4.72. The van der Waals surface area contributed by atoms with Crippen LogP contribution in [0.15, 0.2) is 28.6 Å². The van der Waals surface area contributed by atoms with Crippen molar-refractivity contribution < 1.29 is 8.42 Å². The molecule has 1 aromatic carbocycles. The molecule has 5 nitrogen and oxygen atoms in total. The van der Waals surface area contributed by atoms with E-state index >= 15 is 0 Å². The first kappa shape index (κ1) is 16.0. The highest BCUT2D eigenvalue weighted by molar-refractivity contribution is 7.89. The maximum Gasteiger partial charge on any atom is 0.240 e. The van der Waals surface area contributed by atoms with Crippen LogP contribution in [-0.4, -0.2) is 18.4 Å². The van der Waals surface area contributed by atoms with E-state index in [1.807, 2.05) is 6.92 Å². The topological polar surface area (TPSA) is 85.1 Å². The van der Waals surface area contributed by atoms with Crippen molar-refractivity contribution in [2.45, 2.75) is 25.3 Å². The van der Waals surface area contributed by atoms with Gasteiger partial charge in [0, 0.05) is 17.0 Å². The van der Waals surface area contributed by atoms with E-state index in [-0.39, 0.29) is 16.4 Å². The molecule has 0 unspecified atom stereocenters. The Balaban J connectivity index is 2.22. The first-order valence-electron chi connectivity index (χ1n) is 6.10. The van der Waals surface area contributed by atoms with Crippen molar-refractivity contribution >= 4 is 38.6 Å². The van der Waals surface area contributed by atoms with Crippen LogP contribution < -0.4 is 10.5 Å². The van der Waals surface area contributed by atoms with Gasteiger partial charge in [-0.1, -0.05) is 18.3 Å². The minimum absolute atomic E-state index is 0.196. The highest BCUT2D eigenvalue weighted by Gasteiger charge is 2.16. The molecule has 0 aliphatic carbocycles. The maximum absolute atomic E-state index is 12.3. The molecule has 0 saturated heterocycles. The fourth-order valence-electron chi connectivity index (χ4n) is 1.82. The quantitative estimate of drug-likeness (QED) is 0.811. The van der Waals surface area contributed by atoms with Gasteiger partial charge in [-0.2, -0.15) is 0 Å². The van der Waals surface area contributed by atoms with Gasteiger partial charge < -0.3 is 5.73 Å². The number of nitrogens with zero attached hydrogens (tertiary/aromatic N) is 1. The summed E-state index contributed by atoms with van der Waals surface area (Å²) in [6.07, 6.45) is 0. The third kappa shape index (κ3) is 3.65. The molecule has 21 heavy (non-hydrogen) atoms. The van der Waals surface area contributed by atoms with Gasteiger partial charge in [0.2, 0.25) is 10.0 Å². The predicted molar refractivity (Wildman–Crippen MR) is 87.9 cm³/mol. The van der Waals surface area contributed by atoms with E-state index in [2.05, 4.69) is 9.71 Å². The standard InChI is InChI=1S/C13H15N3O2S3/c1-8-5-10(3-4-11(8)13(14)19)21(17,18)16-6-12-9(2)15-7-20-12/h3-5,7,16H,6H2,1-2H3,(H2,14,19). The zero-order chi connectivity index (χ0) is 15.6. The molecule has 0 atom stereocenters. The molecule has 2 rings (SSSR count). The Morgan fingerprint density at radius 1 is 1.43 bits per heavy atom. The number of thiocarbonyl (C=S) groups is 1. The molecule has 1 heterocycles. The van der Waals surface area contributed by atoms with Gasteiger partial charge in [-0.25, -0.2) is 18.1 Å². The monoisotopic (exact) mass is 341 g/mol. The lowest BCUT2D eigenvalue weighted by atomic mass is 10.1. The van der Waals surface area contributed by atoms with Crippen molar-refractivity contribution in [1.82, 2.24) is 9.71 Å². The van der Waals surface area contributed by atoms with Gasteiger partial charge in [0.15, 0.2) is 0 Å². The summed E-state index contributed by atoms with van der Waals surface area (Å²) in [7, 11) is -3.57. The number of hydrogen-bond acceptors (Lipinski definition) is 5. The molecule has 0 fully saturated rings.